The van der Waals surface area contributed by atoms with Crippen LogP contribution in [-0.2, 0) is 17.9 Å². The van der Waals surface area contributed by atoms with Gasteiger partial charge in [0.25, 0.3) is 5.69 Å². The minimum atomic E-state index is -0.421. The zero-order valence-corrected chi connectivity index (χ0v) is 14.7. The Hall–Kier alpha value is -3.26. The fraction of sp³-hybridized carbons (Fsp3) is 0.263. The Kier molecular flexibility index (Phi) is 5.77. The summed E-state index contributed by atoms with van der Waals surface area (Å²) in [5.41, 5.74) is 2.74. The van der Waals surface area contributed by atoms with Gasteiger partial charge >= 0.3 is 0 Å². The maximum absolute atomic E-state index is 12.6. The van der Waals surface area contributed by atoms with Crippen LogP contribution in [0, 0.1) is 10.1 Å². The molecule has 1 aliphatic rings. The summed E-state index contributed by atoms with van der Waals surface area (Å²) in [5.74, 6) is 5.22. The molecule has 1 heterocycles. The van der Waals surface area contributed by atoms with Crippen LogP contribution in [0.5, 0.6) is 0 Å². The summed E-state index contributed by atoms with van der Waals surface area (Å²) in [6.45, 7) is 1.61. The second-order valence-corrected chi connectivity index (χ2v) is 6.43. The van der Waals surface area contributed by atoms with Crippen molar-refractivity contribution in [2.75, 3.05) is 6.54 Å². The highest BCUT2D eigenvalue weighted by Gasteiger charge is 2.31. The van der Waals surface area contributed by atoms with Gasteiger partial charge in [0.15, 0.2) is 0 Å². The lowest BCUT2D eigenvalue weighted by Gasteiger charge is -2.17. The maximum Gasteiger partial charge on any atom is 0.269 e. The zero-order chi connectivity index (χ0) is 19.2. The molecule has 1 amide bonds. The predicted molar refractivity (Wildman–Crippen MR) is 102 cm³/mol. The van der Waals surface area contributed by atoms with Crippen molar-refractivity contribution in [1.82, 2.24) is 10.2 Å². The van der Waals surface area contributed by atoms with Gasteiger partial charge < -0.3 is 16.1 Å². The van der Waals surface area contributed by atoms with Crippen LogP contribution in [0.1, 0.15) is 23.1 Å². The van der Waals surface area contributed by atoms with Crippen LogP contribution in [0.4, 0.5) is 5.69 Å². The van der Waals surface area contributed by atoms with Gasteiger partial charge in [-0.1, -0.05) is 30.3 Å². The molecule has 0 saturated carbocycles. The van der Waals surface area contributed by atoms with E-state index in [2.05, 4.69) is 10.4 Å². The average molecular weight is 367 g/mol. The first-order chi connectivity index (χ1) is 13.1. The van der Waals surface area contributed by atoms with Crippen LogP contribution in [0.3, 0.4) is 0 Å². The molecule has 0 unspecified atom stereocenters. The lowest BCUT2D eigenvalue weighted by atomic mass is 10.1. The van der Waals surface area contributed by atoms with Gasteiger partial charge in [0.2, 0.25) is 5.91 Å². The van der Waals surface area contributed by atoms with Crippen LogP contribution in [0.15, 0.2) is 53.6 Å². The standard InChI is InChI=1S/C19H21N5O3/c20-22-12-14-3-1-5-16(9-14)13-23-8-7-18(19(23)25)21-11-15-4-2-6-17(10-15)24(26)27/h1-6,9-10,12,18,21H,7-8,11,13,20H2/t18-/m0/s1. The summed E-state index contributed by atoms with van der Waals surface area (Å²) in [6.07, 6.45) is 2.27. The number of nitrogens with zero attached hydrogens (tertiary/aromatic N) is 3. The van der Waals surface area contributed by atoms with Gasteiger partial charge in [0, 0.05) is 31.8 Å². The number of likely N-dealkylation sites (tertiary alicyclic amines) is 1. The van der Waals surface area contributed by atoms with Gasteiger partial charge in [-0.3, -0.25) is 14.9 Å². The molecular formula is C19H21N5O3. The number of benzene rings is 2. The molecule has 27 heavy (non-hydrogen) atoms. The van der Waals surface area contributed by atoms with Crippen molar-refractivity contribution in [2.45, 2.75) is 25.6 Å². The van der Waals surface area contributed by atoms with Crippen molar-refractivity contribution in [3.63, 3.8) is 0 Å². The number of carbonyl (C=O) groups excluding carboxylic acids is 1. The zero-order valence-electron chi connectivity index (χ0n) is 14.7. The number of hydrogen-bond donors (Lipinski definition) is 2. The lowest BCUT2D eigenvalue weighted by Crippen LogP contribution is -2.37. The minimum Gasteiger partial charge on any atom is -0.337 e. The molecule has 1 fully saturated rings. The number of nitro benzene ring substituents is 1. The Bertz CT molecular complexity index is 868. The van der Waals surface area contributed by atoms with E-state index in [1.807, 2.05) is 35.2 Å². The number of nitro groups is 1. The Balaban J connectivity index is 1.58. The molecular weight excluding hydrogens is 346 g/mol. The van der Waals surface area contributed by atoms with Crippen molar-refractivity contribution >= 4 is 17.8 Å². The Labute approximate surface area is 156 Å². The molecule has 3 rings (SSSR count). The van der Waals surface area contributed by atoms with E-state index < -0.39 is 4.92 Å². The van der Waals surface area contributed by atoms with Crippen LogP contribution in [-0.4, -0.2) is 34.5 Å². The number of hydrogen-bond acceptors (Lipinski definition) is 6. The van der Waals surface area contributed by atoms with Crippen molar-refractivity contribution in [3.05, 3.63) is 75.3 Å². The number of rotatable bonds is 7. The van der Waals surface area contributed by atoms with Crippen LogP contribution < -0.4 is 11.2 Å². The van der Waals surface area contributed by atoms with E-state index in [9.17, 15) is 14.9 Å². The van der Waals surface area contributed by atoms with Gasteiger partial charge in [0.1, 0.15) is 0 Å². The summed E-state index contributed by atoms with van der Waals surface area (Å²) < 4.78 is 0. The average Bonchev–Trinajstić information content (AvgIpc) is 3.00. The largest absolute Gasteiger partial charge is 0.337 e. The summed E-state index contributed by atoms with van der Waals surface area (Å²) in [4.78, 5) is 24.9. The van der Waals surface area contributed by atoms with E-state index in [4.69, 9.17) is 5.84 Å². The predicted octanol–water partition coefficient (Wildman–Crippen LogP) is 1.78. The number of nitrogens with two attached hydrogens (primary N) is 1. The third-order valence-corrected chi connectivity index (χ3v) is 4.52. The Morgan fingerprint density at radius 2 is 2.04 bits per heavy atom. The molecule has 3 N–H and O–H groups in total. The summed E-state index contributed by atoms with van der Waals surface area (Å²) in [5, 5.41) is 17.6. The van der Waals surface area contributed by atoms with E-state index in [1.165, 1.54) is 12.1 Å². The highest BCUT2D eigenvalue weighted by atomic mass is 16.6. The maximum atomic E-state index is 12.6. The Morgan fingerprint density at radius 1 is 1.26 bits per heavy atom. The molecule has 0 spiro atoms. The third kappa shape index (κ3) is 4.68. The SMILES string of the molecule is NN=Cc1cccc(CN2CC[C@H](NCc3cccc([N+](=O)[O-])c3)C2=O)c1. The van der Waals surface area contributed by atoms with Crippen molar-refractivity contribution in [2.24, 2.45) is 10.9 Å². The van der Waals surface area contributed by atoms with Gasteiger partial charge in [-0.2, -0.15) is 5.10 Å². The molecule has 0 aliphatic carbocycles. The van der Waals surface area contributed by atoms with Crippen molar-refractivity contribution in [1.29, 1.82) is 0 Å². The normalized spacial score (nSPS) is 17.0. The molecule has 140 valence electrons. The number of hydrazone groups is 1. The molecule has 8 nitrogen and oxygen atoms in total. The van der Waals surface area contributed by atoms with E-state index in [0.29, 0.717) is 26.1 Å². The first-order valence-electron chi connectivity index (χ1n) is 8.64. The number of non-ortho nitro benzene ring substituents is 1. The second kappa shape index (κ2) is 8.41. The monoisotopic (exact) mass is 367 g/mol. The molecule has 1 atom stereocenters. The van der Waals surface area contributed by atoms with E-state index >= 15 is 0 Å². The quantitative estimate of drug-likeness (QED) is 0.335. The van der Waals surface area contributed by atoms with Gasteiger partial charge in [-0.25, -0.2) is 0 Å². The summed E-state index contributed by atoms with van der Waals surface area (Å²) >= 11 is 0. The van der Waals surface area contributed by atoms with E-state index in [0.717, 1.165) is 16.7 Å². The molecule has 2 aromatic rings. The molecule has 8 heteroatoms. The summed E-state index contributed by atoms with van der Waals surface area (Å²) in [6, 6.07) is 13.9. The third-order valence-electron chi connectivity index (χ3n) is 4.52. The van der Waals surface area contributed by atoms with Crippen molar-refractivity contribution < 1.29 is 9.72 Å². The molecule has 1 aliphatic heterocycles. The molecule has 0 bridgehead atoms. The number of amides is 1. The number of carbonyl (C=O) groups is 1. The first kappa shape index (κ1) is 18.5. The fourth-order valence-corrected chi connectivity index (χ4v) is 3.18. The van der Waals surface area contributed by atoms with E-state index in [1.54, 1.807) is 12.3 Å². The fourth-order valence-electron chi connectivity index (χ4n) is 3.18. The topological polar surface area (TPSA) is 114 Å². The molecule has 2 aromatic carbocycles. The molecule has 0 radical (unpaired) electrons. The van der Waals surface area contributed by atoms with Gasteiger partial charge in [0.05, 0.1) is 17.2 Å². The van der Waals surface area contributed by atoms with Gasteiger partial charge in [-0.15, -0.1) is 0 Å². The molecule has 1 saturated heterocycles. The lowest BCUT2D eigenvalue weighted by molar-refractivity contribution is -0.384. The Morgan fingerprint density at radius 3 is 2.81 bits per heavy atom. The molecule has 0 aromatic heterocycles. The minimum absolute atomic E-state index is 0.0401. The number of nitrogens with one attached hydrogen (secondary N) is 1. The first-order valence-corrected chi connectivity index (χ1v) is 8.64. The van der Waals surface area contributed by atoms with Crippen LogP contribution in [0.2, 0.25) is 0 Å². The van der Waals surface area contributed by atoms with Crippen LogP contribution >= 0.6 is 0 Å². The van der Waals surface area contributed by atoms with Crippen LogP contribution in [0.25, 0.3) is 0 Å². The highest BCUT2D eigenvalue weighted by Crippen LogP contribution is 2.17. The van der Waals surface area contributed by atoms with E-state index in [-0.39, 0.29) is 17.6 Å². The smallest absolute Gasteiger partial charge is 0.269 e. The summed E-state index contributed by atoms with van der Waals surface area (Å²) in [7, 11) is 0. The second-order valence-electron chi connectivity index (χ2n) is 6.43. The van der Waals surface area contributed by atoms with Gasteiger partial charge in [-0.05, 0) is 29.2 Å². The highest BCUT2D eigenvalue weighted by molar-refractivity contribution is 5.84. The van der Waals surface area contributed by atoms with Crippen molar-refractivity contribution in [3.8, 4) is 0 Å².